The second-order valence-electron chi connectivity index (χ2n) is 8.87. The van der Waals surface area contributed by atoms with Crippen molar-refractivity contribution < 1.29 is 38.0 Å². The maximum atomic E-state index is 12.2. The highest BCUT2D eigenvalue weighted by Gasteiger charge is 2.24. The van der Waals surface area contributed by atoms with Crippen LogP contribution in [0.5, 0.6) is 0 Å². The number of likely N-dealkylation sites (tertiary alicyclic amines) is 1. The van der Waals surface area contributed by atoms with Gasteiger partial charge in [-0.3, -0.25) is 9.59 Å². The number of nitrogens with one attached hydrogen (secondary N) is 1. The highest BCUT2D eigenvalue weighted by Crippen LogP contribution is 2.24. The quantitative estimate of drug-likeness (QED) is 0.221. The van der Waals surface area contributed by atoms with Crippen LogP contribution in [-0.2, 0) is 38.0 Å². The highest BCUT2D eigenvalue weighted by atomic mass is 16.6. The van der Waals surface area contributed by atoms with E-state index in [2.05, 4.69) is 19.2 Å². The van der Waals surface area contributed by atoms with Crippen LogP contribution in [0, 0.1) is 11.8 Å². The van der Waals surface area contributed by atoms with Crippen molar-refractivity contribution in [2.75, 3.05) is 98.9 Å². The monoisotopic (exact) mass is 504 g/mol. The number of rotatable bonds is 22. The minimum absolute atomic E-state index is 0.0585. The normalized spacial score (nSPS) is 14.6. The molecule has 1 aliphatic rings. The fourth-order valence-corrected chi connectivity index (χ4v) is 3.63. The third-order valence-electron chi connectivity index (χ3n) is 5.78. The fraction of sp³-hybridized carbons (Fsp3) is 0.920. The Morgan fingerprint density at radius 3 is 1.51 bits per heavy atom. The molecule has 0 aromatic heterocycles. The molecule has 1 fully saturated rings. The first-order chi connectivity index (χ1) is 17.0. The predicted molar refractivity (Wildman–Crippen MR) is 132 cm³/mol. The van der Waals surface area contributed by atoms with Crippen LogP contribution in [-0.4, -0.2) is 116 Å². The van der Waals surface area contributed by atoms with Crippen molar-refractivity contribution in [2.45, 2.75) is 40.0 Å². The molecule has 0 bridgehead atoms. The molecule has 10 heteroatoms. The zero-order valence-corrected chi connectivity index (χ0v) is 22.1. The van der Waals surface area contributed by atoms with Crippen molar-refractivity contribution in [3.8, 4) is 0 Å². The van der Waals surface area contributed by atoms with Crippen molar-refractivity contribution in [2.24, 2.45) is 11.8 Å². The van der Waals surface area contributed by atoms with Crippen LogP contribution in [0.4, 0.5) is 0 Å². The number of amides is 2. The van der Waals surface area contributed by atoms with Gasteiger partial charge >= 0.3 is 0 Å². The van der Waals surface area contributed by atoms with E-state index in [0.29, 0.717) is 98.2 Å². The van der Waals surface area contributed by atoms with Crippen LogP contribution in [0.1, 0.15) is 40.0 Å². The lowest BCUT2D eigenvalue weighted by molar-refractivity contribution is -0.134. The Kier molecular flexibility index (Phi) is 19.9. The number of carbonyl (C=O) groups excluding carboxylic acids is 2. The summed E-state index contributed by atoms with van der Waals surface area (Å²) in [7, 11) is 0. The average Bonchev–Trinajstić information content (AvgIpc) is 2.84. The molecule has 1 aliphatic heterocycles. The van der Waals surface area contributed by atoms with Crippen LogP contribution < -0.4 is 5.32 Å². The van der Waals surface area contributed by atoms with E-state index in [1.54, 1.807) is 0 Å². The summed E-state index contributed by atoms with van der Waals surface area (Å²) in [4.78, 5) is 24.9. The summed E-state index contributed by atoms with van der Waals surface area (Å²) in [6, 6.07) is 0. The minimum atomic E-state index is -0.0585. The van der Waals surface area contributed by atoms with E-state index in [0.717, 1.165) is 31.8 Å². The first-order valence-corrected chi connectivity index (χ1v) is 13.0. The maximum absolute atomic E-state index is 12.2. The number of nitrogens with zero attached hydrogens (tertiary/aromatic N) is 1. The largest absolute Gasteiger partial charge is 0.379 e. The van der Waals surface area contributed by atoms with Gasteiger partial charge in [-0.25, -0.2) is 0 Å². The number of hydrogen-bond donors (Lipinski definition) is 1. The smallest absolute Gasteiger partial charge is 0.224 e. The molecule has 0 radical (unpaired) electrons. The Hall–Kier alpha value is -1.30. The molecule has 1 N–H and O–H groups in total. The van der Waals surface area contributed by atoms with Gasteiger partial charge in [-0.05, 0) is 24.7 Å². The molecule has 2 amide bonds. The maximum Gasteiger partial charge on any atom is 0.224 e. The Bertz CT molecular complexity index is 528. The Labute approximate surface area is 211 Å². The summed E-state index contributed by atoms with van der Waals surface area (Å²) in [5.41, 5.74) is 0. The van der Waals surface area contributed by atoms with E-state index in [9.17, 15) is 9.59 Å². The van der Waals surface area contributed by atoms with Crippen molar-refractivity contribution in [1.82, 2.24) is 10.2 Å². The van der Waals surface area contributed by atoms with Gasteiger partial charge in [0.1, 0.15) is 0 Å². The summed E-state index contributed by atoms with van der Waals surface area (Å²) in [6.07, 6.45) is 2.66. The van der Waals surface area contributed by atoms with Crippen LogP contribution in [0.3, 0.4) is 0 Å². The summed E-state index contributed by atoms with van der Waals surface area (Å²) < 4.78 is 32.6. The SMILES string of the molecule is CC(=O)NCCOCCOCCOCCOCCOCCOCCC(=O)N1CCC(C(C)C)CC1. The Morgan fingerprint density at radius 1 is 0.714 bits per heavy atom. The molecule has 1 heterocycles. The Morgan fingerprint density at radius 2 is 1.11 bits per heavy atom. The molecule has 206 valence electrons. The van der Waals surface area contributed by atoms with Crippen LogP contribution in [0.2, 0.25) is 0 Å². The molecule has 1 rings (SSSR count). The Balaban J connectivity index is 1.73. The van der Waals surface area contributed by atoms with Crippen molar-refractivity contribution in [3.05, 3.63) is 0 Å². The number of piperidine rings is 1. The van der Waals surface area contributed by atoms with Crippen molar-refractivity contribution >= 4 is 11.8 Å². The van der Waals surface area contributed by atoms with E-state index in [1.165, 1.54) is 6.92 Å². The summed E-state index contributed by atoms with van der Waals surface area (Å²) in [5, 5.41) is 2.66. The van der Waals surface area contributed by atoms with Gasteiger partial charge < -0.3 is 38.6 Å². The van der Waals surface area contributed by atoms with Crippen molar-refractivity contribution in [3.63, 3.8) is 0 Å². The molecule has 0 aliphatic carbocycles. The molecule has 0 spiro atoms. The van der Waals surface area contributed by atoms with Crippen LogP contribution in [0.25, 0.3) is 0 Å². The fourth-order valence-electron chi connectivity index (χ4n) is 3.63. The average molecular weight is 505 g/mol. The zero-order valence-electron chi connectivity index (χ0n) is 22.1. The van der Waals surface area contributed by atoms with E-state index in [-0.39, 0.29) is 11.8 Å². The van der Waals surface area contributed by atoms with E-state index in [4.69, 9.17) is 28.4 Å². The lowest BCUT2D eigenvalue weighted by Crippen LogP contribution is -2.39. The van der Waals surface area contributed by atoms with Crippen LogP contribution >= 0.6 is 0 Å². The van der Waals surface area contributed by atoms with Crippen LogP contribution in [0.15, 0.2) is 0 Å². The number of ether oxygens (including phenoxy) is 6. The molecule has 0 unspecified atom stereocenters. The number of hydrogen-bond acceptors (Lipinski definition) is 8. The molecule has 1 saturated heterocycles. The van der Waals surface area contributed by atoms with Gasteiger partial charge in [0.15, 0.2) is 0 Å². The van der Waals surface area contributed by atoms with Gasteiger partial charge in [0, 0.05) is 26.6 Å². The second kappa shape index (κ2) is 21.9. The highest BCUT2D eigenvalue weighted by molar-refractivity contribution is 5.76. The molecule has 0 aromatic carbocycles. The molecule has 35 heavy (non-hydrogen) atoms. The lowest BCUT2D eigenvalue weighted by Gasteiger charge is -2.34. The summed E-state index contributed by atoms with van der Waals surface area (Å²) >= 11 is 0. The lowest BCUT2D eigenvalue weighted by atomic mass is 9.86. The number of carbonyl (C=O) groups is 2. The van der Waals surface area contributed by atoms with Gasteiger partial charge in [0.25, 0.3) is 0 Å². The van der Waals surface area contributed by atoms with Gasteiger partial charge in [0.2, 0.25) is 11.8 Å². The first kappa shape index (κ1) is 31.7. The molecule has 0 aromatic rings. The second-order valence-corrected chi connectivity index (χ2v) is 8.87. The molecule has 0 atom stereocenters. The van der Waals surface area contributed by atoms with Gasteiger partial charge in [-0.1, -0.05) is 13.8 Å². The molecular weight excluding hydrogens is 456 g/mol. The third kappa shape index (κ3) is 18.6. The molecular formula is C25H48N2O8. The van der Waals surface area contributed by atoms with Gasteiger partial charge in [-0.2, -0.15) is 0 Å². The molecule has 0 saturated carbocycles. The first-order valence-electron chi connectivity index (χ1n) is 13.0. The van der Waals surface area contributed by atoms with E-state index < -0.39 is 0 Å². The predicted octanol–water partition coefficient (Wildman–Crippen LogP) is 1.51. The van der Waals surface area contributed by atoms with Crippen molar-refractivity contribution in [1.29, 1.82) is 0 Å². The van der Waals surface area contributed by atoms with E-state index in [1.807, 2.05) is 4.90 Å². The summed E-state index contributed by atoms with van der Waals surface area (Å²) in [5.74, 6) is 1.58. The topological polar surface area (TPSA) is 105 Å². The van der Waals surface area contributed by atoms with Gasteiger partial charge in [-0.15, -0.1) is 0 Å². The van der Waals surface area contributed by atoms with Gasteiger partial charge in [0.05, 0.1) is 85.7 Å². The standard InChI is InChI=1S/C25H48N2O8/c1-22(2)24-4-8-27(9-5-24)25(29)6-10-30-12-14-32-16-18-34-20-21-35-19-17-33-15-13-31-11-7-26-23(3)28/h22,24H,4-21H2,1-3H3,(H,26,28). The third-order valence-corrected chi connectivity index (χ3v) is 5.78. The molecule has 10 nitrogen and oxygen atoms in total. The minimum Gasteiger partial charge on any atom is -0.379 e. The van der Waals surface area contributed by atoms with E-state index >= 15 is 0 Å². The zero-order chi connectivity index (χ0) is 25.6. The summed E-state index contributed by atoms with van der Waals surface area (Å²) in [6.45, 7) is 14.1.